The Labute approximate surface area is 144 Å². The van der Waals surface area contributed by atoms with Crippen molar-refractivity contribution in [2.75, 3.05) is 19.0 Å². The Bertz CT molecular complexity index is 787. The van der Waals surface area contributed by atoms with Crippen molar-refractivity contribution >= 4 is 23.0 Å². The van der Waals surface area contributed by atoms with Crippen LogP contribution in [0, 0.1) is 10.1 Å². The molecule has 130 valence electrons. The summed E-state index contributed by atoms with van der Waals surface area (Å²) in [5.41, 5.74) is 4.37. The maximum absolute atomic E-state index is 11.9. The first kappa shape index (κ1) is 17.9. The number of hydrogen-bond donors (Lipinski definition) is 2. The van der Waals surface area contributed by atoms with Crippen LogP contribution in [0.25, 0.3) is 0 Å². The van der Waals surface area contributed by atoms with Gasteiger partial charge >= 0.3 is 0 Å². The number of amides is 1. The fourth-order valence-electron chi connectivity index (χ4n) is 2.04. The summed E-state index contributed by atoms with van der Waals surface area (Å²) in [4.78, 5) is 22.0. The minimum Gasteiger partial charge on any atom is -0.495 e. The summed E-state index contributed by atoms with van der Waals surface area (Å²) in [6.07, 6.45) is 0. The first-order valence-electron chi connectivity index (χ1n) is 7.46. The Hall–Kier alpha value is -3.42. The standard InChI is InChI=1S/C17H18N4O4/c1-12(13-7-9-14(10-8-13)21(23)24)19-20-17(22)11-18-15-5-3-4-6-16(15)25-2/h3-10,18H,11H2,1-2H3,(H,20,22)/b19-12-. The summed E-state index contributed by atoms with van der Waals surface area (Å²) < 4.78 is 5.19. The highest BCUT2D eigenvalue weighted by Gasteiger charge is 2.07. The van der Waals surface area contributed by atoms with Gasteiger partial charge in [-0.25, -0.2) is 5.43 Å². The van der Waals surface area contributed by atoms with Gasteiger partial charge in [0.25, 0.3) is 11.6 Å². The van der Waals surface area contributed by atoms with Crippen LogP contribution in [0.5, 0.6) is 5.75 Å². The molecular formula is C17H18N4O4. The summed E-state index contributed by atoms with van der Waals surface area (Å²) in [7, 11) is 1.55. The maximum Gasteiger partial charge on any atom is 0.269 e. The van der Waals surface area contributed by atoms with Crippen molar-refractivity contribution in [3.63, 3.8) is 0 Å². The Morgan fingerprint density at radius 2 is 1.88 bits per heavy atom. The molecule has 2 aromatic carbocycles. The van der Waals surface area contributed by atoms with Crippen LogP contribution < -0.4 is 15.5 Å². The van der Waals surface area contributed by atoms with Crippen LogP contribution in [0.1, 0.15) is 12.5 Å². The average Bonchev–Trinajstić information content (AvgIpc) is 2.64. The molecule has 0 aliphatic rings. The van der Waals surface area contributed by atoms with Crippen LogP contribution in [0.2, 0.25) is 0 Å². The second-order valence-electron chi connectivity index (χ2n) is 5.09. The fourth-order valence-corrected chi connectivity index (χ4v) is 2.04. The Morgan fingerprint density at radius 3 is 2.52 bits per heavy atom. The van der Waals surface area contributed by atoms with Crippen LogP contribution in [0.3, 0.4) is 0 Å². The van der Waals surface area contributed by atoms with E-state index < -0.39 is 4.92 Å². The van der Waals surface area contributed by atoms with Crippen LogP contribution in [0.4, 0.5) is 11.4 Å². The van der Waals surface area contributed by atoms with Crippen molar-refractivity contribution in [3.8, 4) is 5.75 Å². The highest BCUT2D eigenvalue weighted by atomic mass is 16.6. The van der Waals surface area contributed by atoms with Gasteiger partial charge in [-0.15, -0.1) is 0 Å². The summed E-state index contributed by atoms with van der Waals surface area (Å²) in [6, 6.07) is 13.2. The molecule has 0 aromatic heterocycles. The number of rotatable bonds is 7. The number of anilines is 1. The molecule has 8 heteroatoms. The molecule has 0 radical (unpaired) electrons. The number of nitro groups is 1. The topological polar surface area (TPSA) is 106 Å². The molecule has 0 atom stereocenters. The number of nitrogens with one attached hydrogen (secondary N) is 2. The minimum atomic E-state index is -0.471. The van der Waals surface area contributed by atoms with E-state index in [1.165, 1.54) is 12.1 Å². The third-order valence-corrected chi connectivity index (χ3v) is 3.39. The lowest BCUT2D eigenvalue weighted by molar-refractivity contribution is -0.384. The lowest BCUT2D eigenvalue weighted by Gasteiger charge is -2.10. The largest absolute Gasteiger partial charge is 0.495 e. The molecule has 0 fully saturated rings. The lowest BCUT2D eigenvalue weighted by atomic mass is 10.1. The van der Waals surface area contributed by atoms with Crippen LogP contribution in [0.15, 0.2) is 53.6 Å². The first-order valence-corrected chi connectivity index (χ1v) is 7.46. The first-order chi connectivity index (χ1) is 12.0. The number of carbonyl (C=O) groups is 1. The number of nitro benzene ring substituents is 1. The van der Waals surface area contributed by atoms with Crippen molar-refractivity contribution in [2.24, 2.45) is 5.10 Å². The van der Waals surface area contributed by atoms with Gasteiger partial charge in [0.1, 0.15) is 5.75 Å². The number of methoxy groups -OCH3 is 1. The lowest BCUT2D eigenvalue weighted by Crippen LogP contribution is -2.26. The van der Waals surface area contributed by atoms with Crippen LogP contribution in [-0.4, -0.2) is 30.2 Å². The zero-order chi connectivity index (χ0) is 18.2. The van der Waals surface area contributed by atoms with Gasteiger partial charge < -0.3 is 10.1 Å². The van der Waals surface area contributed by atoms with Crippen LogP contribution >= 0.6 is 0 Å². The Kier molecular flexibility index (Phi) is 6.05. The van der Waals surface area contributed by atoms with Gasteiger partial charge in [0.05, 0.1) is 30.0 Å². The average molecular weight is 342 g/mol. The van der Waals surface area contributed by atoms with Gasteiger partial charge in [-0.05, 0) is 36.8 Å². The second kappa shape index (κ2) is 8.44. The van der Waals surface area contributed by atoms with Gasteiger partial charge in [0, 0.05) is 12.1 Å². The molecule has 0 saturated carbocycles. The summed E-state index contributed by atoms with van der Waals surface area (Å²) >= 11 is 0. The molecule has 0 unspecified atom stereocenters. The van der Waals surface area contributed by atoms with Gasteiger partial charge in [-0.2, -0.15) is 5.10 Å². The molecule has 0 aliphatic carbocycles. The Balaban J connectivity index is 1.91. The third kappa shape index (κ3) is 5.03. The normalized spacial score (nSPS) is 10.9. The van der Waals surface area contributed by atoms with Crippen LogP contribution in [-0.2, 0) is 4.79 Å². The molecule has 0 aliphatic heterocycles. The maximum atomic E-state index is 11.9. The monoisotopic (exact) mass is 342 g/mol. The number of hydrazone groups is 1. The predicted octanol–water partition coefficient (Wildman–Crippen LogP) is 2.56. The molecule has 2 N–H and O–H groups in total. The summed E-state index contributed by atoms with van der Waals surface area (Å²) in [6.45, 7) is 1.73. The van der Waals surface area contributed by atoms with Gasteiger partial charge in [0.15, 0.2) is 0 Å². The van der Waals surface area contributed by atoms with Crippen molar-refractivity contribution in [3.05, 3.63) is 64.2 Å². The fraction of sp³-hybridized carbons (Fsp3) is 0.176. The van der Waals surface area contributed by atoms with E-state index in [-0.39, 0.29) is 18.1 Å². The number of carbonyl (C=O) groups excluding carboxylic acids is 1. The van der Waals surface area contributed by atoms with E-state index in [1.54, 1.807) is 38.3 Å². The zero-order valence-electron chi connectivity index (χ0n) is 13.9. The summed E-state index contributed by atoms with van der Waals surface area (Å²) in [5, 5.41) is 17.6. The molecule has 1 amide bonds. The van der Waals surface area contributed by atoms with E-state index in [4.69, 9.17) is 4.74 Å². The second-order valence-corrected chi connectivity index (χ2v) is 5.09. The molecule has 0 bridgehead atoms. The minimum absolute atomic E-state index is 0.00148. The van der Waals surface area contributed by atoms with E-state index in [0.29, 0.717) is 22.7 Å². The van der Waals surface area contributed by atoms with Crippen molar-refractivity contribution in [2.45, 2.75) is 6.92 Å². The van der Waals surface area contributed by atoms with E-state index >= 15 is 0 Å². The zero-order valence-corrected chi connectivity index (χ0v) is 13.9. The van der Waals surface area contributed by atoms with Crippen molar-refractivity contribution < 1.29 is 14.5 Å². The molecule has 2 aromatic rings. The number of ether oxygens (including phenoxy) is 1. The molecule has 0 heterocycles. The highest BCUT2D eigenvalue weighted by molar-refractivity contribution is 5.99. The van der Waals surface area contributed by atoms with E-state index in [9.17, 15) is 14.9 Å². The SMILES string of the molecule is COc1ccccc1NCC(=O)N/N=C(/C)c1ccc([N+](=O)[O-])cc1. The highest BCUT2D eigenvalue weighted by Crippen LogP contribution is 2.22. The quantitative estimate of drug-likeness (QED) is 0.457. The molecular weight excluding hydrogens is 324 g/mol. The number of benzene rings is 2. The molecule has 0 spiro atoms. The van der Waals surface area contributed by atoms with Crippen molar-refractivity contribution in [1.29, 1.82) is 0 Å². The molecule has 25 heavy (non-hydrogen) atoms. The predicted molar refractivity (Wildman–Crippen MR) is 94.9 cm³/mol. The van der Waals surface area contributed by atoms with E-state index in [1.807, 2.05) is 12.1 Å². The summed E-state index contributed by atoms with van der Waals surface area (Å²) in [5.74, 6) is 0.313. The van der Waals surface area contributed by atoms with E-state index in [0.717, 1.165) is 0 Å². The molecule has 8 nitrogen and oxygen atoms in total. The van der Waals surface area contributed by atoms with Crippen molar-refractivity contribution in [1.82, 2.24) is 5.43 Å². The third-order valence-electron chi connectivity index (χ3n) is 3.39. The van der Waals surface area contributed by atoms with Gasteiger partial charge in [0.2, 0.25) is 0 Å². The molecule has 2 rings (SSSR count). The number of hydrogen-bond acceptors (Lipinski definition) is 6. The number of para-hydroxylation sites is 2. The van der Waals surface area contributed by atoms with Gasteiger partial charge in [-0.1, -0.05) is 12.1 Å². The van der Waals surface area contributed by atoms with Gasteiger partial charge in [-0.3, -0.25) is 14.9 Å². The number of non-ortho nitro benzene ring substituents is 1. The smallest absolute Gasteiger partial charge is 0.269 e. The van der Waals surface area contributed by atoms with E-state index in [2.05, 4.69) is 15.8 Å². The number of nitrogens with zero attached hydrogens (tertiary/aromatic N) is 2. The molecule has 0 saturated heterocycles. The Morgan fingerprint density at radius 1 is 1.20 bits per heavy atom.